The van der Waals surface area contributed by atoms with Gasteiger partial charge in [0.15, 0.2) is 11.2 Å². The van der Waals surface area contributed by atoms with Gasteiger partial charge in [-0.25, -0.2) is 0 Å². The van der Waals surface area contributed by atoms with Crippen LogP contribution in [0.3, 0.4) is 0 Å². The van der Waals surface area contributed by atoms with Crippen molar-refractivity contribution >= 4 is 55.5 Å². The number of para-hydroxylation sites is 2. The highest BCUT2D eigenvalue weighted by atomic mass is 35.5. The smallest absolute Gasteiger partial charge is 0.180 e. The van der Waals surface area contributed by atoms with Crippen LogP contribution < -0.4 is 0 Å². The van der Waals surface area contributed by atoms with E-state index >= 15 is 0 Å². The molecular formula is C18H9ClO2. The van der Waals surface area contributed by atoms with E-state index in [2.05, 4.69) is 0 Å². The summed E-state index contributed by atoms with van der Waals surface area (Å²) < 4.78 is 12.0. The fraction of sp³-hybridized carbons (Fsp3) is 0. The van der Waals surface area contributed by atoms with Gasteiger partial charge in [-0.05, 0) is 18.2 Å². The molecule has 0 spiro atoms. The van der Waals surface area contributed by atoms with E-state index in [-0.39, 0.29) is 0 Å². The van der Waals surface area contributed by atoms with Crippen molar-refractivity contribution < 1.29 is 8.83 Å². The molecule has 2 heterocycles. The molecule has 0 saturated heterocycles. The maximum Gasteiger partial charge on any atom is 0.180 e. The Morgan fingerprint density at radius 1 is 0.667 bits per heavy atom. The van der Waals surface area contributed by atoms with Crippen molar-refractivity contribution in [3.63, 3.8) is 0 Å². The average molecular weight is 293 g/mol. The number of hydrogen-bond acceptors (Lipinski definition) is 2. The van der Waals surface area contributed by atoms with E-state index < -0.39 is 0 Å². The summed E-state index contributed by atoms with van der Waals surface area (Å²) >= 11 is 6.51. The van der Waals surface area contributed by atoms with Crippen molar-refractivity contribution in [2.75, 3.05) is 0 Å². The molecule has 100 valence electrons. The van der Waals surface area contributed by atoms with Gasteiger partial charge in [-0.3, -0.25) is 0 Å². The zero-order chi connectivity index (χ0) is 14.0. The molecule has 0 atom stereocenters. The Hall–Kier alpha value is -2.45. The van der Waals surface area contributed by atoms with Gasteiger partial charge in [-0.2, -0.15) is 0 Å². The van der Waals surface area contributed by atoms with Crippen LogP contribution in [0.1, 0.15) is 0 Å². The van der Waals surface area contributed by atoms with Gasteiger partial charge in [-0.15, -0.1) is 0 Å². The lowest BCUT2D eigenvalue weighted by Crippen LogP contribution is -1.72. The molecule has 2 aromatic heterocycles. The molecule has 0 aliphatic carbocycles. The zero-order valence-corrected chi connectivity index (χ0v) is 11.6. The molecular weight excluding hydrogens is 284 g/mol. The van der Waals surface area contributed by atoms with Gasteiger partial charge in [0.05, 0.1) is 10.4 Å². The van der Waals surface area contributed by atoms with Crippen molar-refractivity contribution in [1.82, 2.24) is 0 Å². The van der Waals surface area contributed by atoms with Gasteiger partial charge in [0.2, 0.25) is 0 Å². The number of fused-ring (bicyclic) bond motifs is 7. The molecule has 0 bridgehead atoms. The Morgan fingerprint density at radius 3 is 2.10 bits per heavy atom. The molecule has 0 saturated carbocycles. The number of benzene rings is 3. The monoisotopic (exact) mass is 292 g/mol. The summed E-state index contributed by atoms with van der Waals surface area (Å²) in [6.45, 7) is 0. The quantitative estimate of drug-likeness (QED) is 0.343. The second-order valence-corrected chi connectivity index (χ2v) is 5.54. The molecule has 0 radical (unpaired) electrons. The van der Waals surface area contributed by atoms with Crippen LogP contribution in [0.25, 0.3) is 43.9 Å². The SMILES string of the molecule is Clc1cc2c3ccccc3oc2c2oc3ccccc3c12. The predicted octanol–water partition coefficient (Wildman–Crippen LogP) is 6.14. The number of furan rings is 2. The predicted molar refractivity (Wildman–Crippen MR) is 86.0 cm³/mol. The molecule has 0 amide bonds. The molecule has 21 heavy (non-hydrogen) atoms. The lowest BCUT2D eigenvalue weighted by Gasteiger charge is -1.95. The summed E-state index contributed by atoms with van der Waals surface area (Å²) in [4.78, 5) is 0. The first-order chi connectivity index (χ1) is 10.3. The highest BCUT2D eigenvalue weighted by Gasteiger charge is 2.18. The molecule has 0 unspecified atom stereocenters. The molecule has 0 fully saturated rings. The summed E-state index contributed by atoms with van der Waals surface area (Å²) in [5.74, 6) is 0. The average Bonchev–Trinajstić information content (AvgIpc) is 3.06. The minimum absolute atomic E-state index is 0.689. The first kappa shape index (κ1) is 11.2. The maximum absolute atomic E-state index is 6.51. The van der Waals surface area contributed by atoms with E-state index in [0.29, 0.717) is 5.02 Å². The third kappa shape index (κ3) is 1.38. The van der Waals surface area contributed by atoms with E-state index in [1.54, 1.807) is 0 Å². The van der Waals surface area contributed by atoms with Crippen LogP contribution in [0, 0.1) is 0 Å². The van der Waals surface area contributed by atoms with E-state index in [1.165, 1.54) is 0 Å². The summed E-state index contributed by atoms with van der Waals surface area (Å²) in [5.41, 5.74) is 3.14. The second kappa shape index (κ2) is 3.80. The first-order valence-corrected chi connectivity index (χ1v) is 7.12. The Bertz CT molecular complexity index is 1150. The number of halogens is 1. The van der Waals surface area contributed by atoms with Gasteiger partial charge >= 0.3 is 0 Å². The van der Waals surface area contributed by atoms with Crippen LogP contribution in [0.5, 0.6) is 0 Å². The Kier molecular flexibility index (Phi) is 2.04. The fourth-order valence-electron chi connectivity index (χ4n) is 3.02. The largest absolute Gasteiger partial charge is 0.452 e. The van der Waals surface area contributed by atoms with Crippen molar-refractivity contribution in [3.05, 3.63) is 59.6 Å². The maximum atomic E-state index is 6.51. The van der Waals surface area contributed by atoms with E-state index in [4.69, 9.17) is 20.4 Å². The molecule has 5 aromatic rings. The molecule has 0 aliphatic rings. The summed E-state index contributed by atoms with van der Waals surface area (Å²) in [5, 5.41) is 4.66. The van der Waals surface area contributed by atoms with Crippen LogP contribution in [-0.2, 0) is 0 Å². The molecule has 3 aromatic carbocycles. The van der Waals surface area contributed by atoms with Crippen molar-refractivity contribution in [1.29, 1.82) is 0 Å². The molecule has 3 heteroatoms. The minimum atomic E-state index is 0.689. The number of hydrogen-bond donors (Lipinski definition) is 0. The van der Waals surface area contributed by atoms with E-state index in [9.17, 15) is 0 Å². The van der Waals surface area contributed by atoms with E-state index in [1.807, 2.05) is 54.6 Å². The normalized spacial score (nSPS) is 12.0. The Balaban J connectivity index is 2.14. The van der Waals surface area contributed by atoms with Crippen LogP contribution >= 0.6 is 11.6 Å². The Morgan fingerprint density at radius 2 is 1.29 bits per heavy atom. The summed E-state index contributed by atoms with van der Waals surface area (Å²) in [6, 6.07) is 17.8. The highest BCUT2D eigenvalue weighted by molar-refractivity contribution is 6.40. The van der Waals surface area contributed by atoms with Crippen molar-refractivity contribution in [3.8, 4) is 0 Å². The molecule has 0 N–H and O–H groups in total. The lowest BCUT2D eigenvalue weighted by atomic mass is 10.1. The van der Waals surface area contributed by atoms with E-state index in [0.717, 1.165) is 43.9 Å². The summed E-state index contributed by atoms with van der Waals surface area (Å²) in [7, 11) is 0. The highest BCUT2D eigenvalue weighted by Crippen LogP contribution is 2.42. The molecule has 0 aliphatic heterocycles. The third-order valence-corrected chi connectivity index (χ3v) is 4.24. The standard InChI is InChI=1S/C18H9ClO2/c19-13-9-12-10-5-1-3-7-14(10)20-17(12)18-16(13)11-6-2-4-8-15(11)21-18/h1-9H. The van der Waals surface area contributed by atoms with Gasteiger partial charge in [0, 0.05) is 16.2 Å². The van der Waals surface area contributed by atoms with Crippen LogP contribution in [0.4, 0.5) is 0 Å². The molecule has 2 nitrogen and oxygen atoms in total. The topological polar surface area (TPSA) is 26.3 Å². The van der Waals surface area contributed by atoms with Gasteiger partial charge in [0.25, 0.3) is 0 Å². The third-order valence-electron chi connectivity index (χ3n) is 3.95. The van der Waals surface area contributed by atoms with Crippen LogP contribution in [0.2, 0.25) is 5.02 Å². The van der Waals surface area contributed by atoms with Crippen molar-refractivity contribution in [2.24, 2.45) is 0 Å². The van der Waals surface area contributed by atoms with Gasteiger partial charge < -0.3 is 8.83 Å². The Labute approximate surface area is 124 Å². The first-order valence-electron chi connectivity index (χ1n) is 6.74. The van der Waals surface area contributed by atoms with Crippen LogP contribution in [0.15, 0.2) is 63.4 Å². The zero-order valence-electron chi connectivity index (χ0n) is 10.9. The number of rotatable bonds is 0. The van der Waals surface area contributed by atoms with Crippen molar-refractivity contribution in [2.45, 2.75) is 0 Å². The van der Waals surface area contributed by atoms with Gasteiger partial charge in [0.1, 0.15) is 11.2 Å². The van der Waals surface area contributed by atoms with Crippen LogP contribution in [-0.4, -0.2) is 0 Å². The molecule has 5 rings (SSSR count). The minimum Gasteiger partial charge on any atom is -0.452 e. The van der Waals surface area contributed by atoms with Gasteiger partial charge in [-0.1, -0.05) is 48.0 Å². The second-order valence-electron chi connectivity index (χ2n) is 5.14. The fourth-order valence-corrected chi connectivity index (χ4v) is 3.32. The lowest BCUT2D eigenvalue weighted by molar-refractivity contribution is 0.633. The summed E-state index contributed by atoms with van der Waals surface area (Å²) in [6.07, 6.45) is 0.